The zero-order chi connectivity index (χ0) is 15.2. The van der Waals surface area contributed by atoms with E-state index >= 15 is 0 Å². The molecule has 1 atom stereocenters. The normalized spacial score (nSPS) is 19.0. The first kappa shape index (κ1) is 16.4. The van der Waals surface area contributed by atoms with Crippen molar-refractivity contribution in [3.63, 3.8) is 0 Å². The summed E-state index contributed by atoms with van der Waals surface area (Å²) in [7, 11) is 3.92. The fraction of sp³-hybridized carbons (Fsp3) is 0.692. The molecule has 1 aliphatic heterocycles. The Morgan fingerprint density at radius 3 is 3.00 bits per heavy atom. The second kappa shape index (κ2) is 7.88. The van der Waals surface area contributed by atoms with E-state index in [1.165, 1.54) is 4.68 Å². The van der Waals surface area contributed by atoms with Crippen LogP contribution in [0.4, 0.5) is 5.69 Å². The van der Waals surface area contributed by atoms with Crippen molar-refractivity contribution in [3.05, 3.63) is 21.0 Å². The van der Waals surface area contributed by atoms with Gasteiger partial charge in [-0.25, -0.2) is 4.68 Å². The molecule has 1 aromatic heterocycles. The number of hydrogen-bond acceptors (Lipinski definition) is 6. The first-order valence-electron chi connectivity index (χ1n) is 6.91. The molecule has 0 radical (unpaired) electrons. The second-order valence-electron chi connectivity index (χ2n) is 5.15. The first-order valence-corrected chi connectivity index (χ1v) is 7.71. The molecule has 1 aliphatic rings. The molecular formula is C13H21BrN4O3. The molecule has 0 aromatic carbocycles. The molecular weight excluding hydrogens is 340 g/mol. The van der Waals surface area contributed by atoms with Crippen molar-refractivity contribution in [2.75, 3.05) is 52.3 Å². The Morgan fingerprint density at radius 1 is 1.52 bits per heavy atom. The van der Waals surface area contributed by atoms with Crippen LogP contribution in [0.25, 0.3) is 0 Å². The van der Waals surface area contributed by atoms with Gasteiger partial charge in [0.05, 0.1) is 44.4 Å². The van der Waals surface area contributed by atoms with Crippen molar-refractivity contribution in [2.24, 2.45) is 0 Å². The lowest BCUT2D eigenvalue weighted by Gasteiger charge is -2.23. The van der Waals surface area contributed by atoms with E-state index in [-0.39, 0.29) is 11.7 Å². The van der Waals surface area contributed by atoms with Gasteiger partial charge in [-0.05, 0) is 30.0 Å². The van der Waals surface area contributed by atoms with Crippen LogP contribution < -0.4 is 10.9 Å². The maximum absolute atomic E-state index is 12.2. The Labute approximate surface area is 132 Å². The van der Waals surface area contributed by atoms with Crippen LogP contribution in [0.15, 0.2) is 15.5 Å². The van der Waals surface area contributed by atoms with Gasteiger partial charge in [0.25, 0.3) is 5.56 Å². The summed E-state index contributed by atoms with van der Waals surface area (Å²) < 4.78 is 12.8. The third kappa shape index (κ3) is 4.77. The molecule has 118 valence electrons. The topological polar surface area (TPSA) is 68.6 Å². The standard InChI is InChI=1S/C13H21BrN4O3/c1-17(2)3-4-18-13(19)12(14)11(8-16-18)15-7-10-9-20-5-6-21-10/h8,10,15H,3-7,9H2,1-2H3. The summed E-state index contributed by atoms with van der Waals surface area (Å²) in [6.07, 6.45) is 1.66. The van der Waals surface area contributed by atoms with Gasteiger partial charge in [0.1, 0.15) is 4.47 Å². The molecule has 0 spiro atoms. The summed E-state index contributed by atoms with van der Waals surface area (Å²) in [5.74, 6) is 0. The van der Waals surface area contributed by atoms with Crippen molar-refractivity contribution < 1.29 is 9.47 Å². The van der Waals surface area contributed by atoms with Crippen molar-refractivity contribution in [1.82, 2.24) is 14.7 Å². The van der Waals surface area contributed by atoms with Gasteiger partial charge in [-0.1, -0.05) is 0 Å². The number of rotatable bonds is 6. The van der Waals surface area contributed by atoms with Gasteiger partial charge in [0.15, 0.2) is 0 Å². The fourth-order valence-corrected chi connectivity index (χ4v) is 2.37. The van der Waals surface area contributed by atoms with Crippen LogP contribution >= 0.6 is 15.9 Å². The van der Waals surface area contributed by atoms with Crippen LogP contribution in [0, 0.1) is 0 Å². The molecule has 0 saturated carbocycles. The monoisotopic (exact) mass is 360 g/mol. The van der Waals surface area contributed by atoms with Gasteiger partial charge in [0.2, 0.25) is 0 Å². The Balaban J connectivity index is 1.97. The summed E-state index contributed by atoms with van der Waals surface area (Å²) >= 11 is 3.34. The van der Waals surface area contributed by atoms with Gasteiger partial charge in [0, 0.05) is 13.1 Å². The van der Waals surface area contributed by atoms with Crippen molar-refractivity contribution in [1.29, 1.82) is 0 Å². The van der Waals surface area contributed by atoms with E-state index in [1.54, 1.807) is 6.20 Å². The molecule has 2 rings (SSSR count). The predicted octanol–water partition coefficient (Wildman–Crippen LogP) is 0.395. The maximum Gasteiger partial charge on any atom is 0.283 e. The zero-order valence-corrected chi connectivity index (χ0v) is 13.9. The smallest absolute Gasteiger partial charge is 0.283 e. The largest absolute Gasteiger partial charge is 0.380 e. The first-order chi connectivity index (χ1) is 10.1. The molecule has 1 aromatic rings. The van der Waals surface area contributed by atoms with Gasteiger partial charge >= 0.3 is 0 Å². The average molecular weight is 361 g/mol. The van der Waals surface area contributed by atoms with Gasteiger partial charge < -0.3 is 19.7 Å². The SMILES string of the molecule is CN(C)CCn1ncc(NCC2COCCO2)c(Br)c1=O. The Hall–Kier alpha value is -0.960. The summed E-state index contributed by atoms with van der Waals surface area (Å²) in [6, 6.07) is 0. The minimum atomic E-state index is -0.136. The summed E-state index contributed by atoms with van der Waals surface area (Å²) in [4.78, 5) is 14.2. The number of hydrogen-bond donors (Lipinski definition) is 1. The summed E-state index contributed by atoms with van der Waals surface area (Å²) in [5, 5.41) is 7.37. The number of likely N-dealkylation sites (N-methyl/N-ethyl adjacent to an activating group) is 1. The van der Waals surface area contributed by atoms with E-state index < -0.39 is 0 Å². The highest BCUT2D eigenvalue weighted by Crippen LogP contribution is 2.16. The number of nitrogens with one attached hydrogen (secondary N) is 1. The number of halogens is 1. The van der Waals surface area contributed by atoms with E-state index in [9.17, 15) is 4.79 Å². The molecule has 2 heterocycles. The Kier molecular flexibility index (Phi) is 6.16. The van der Waals surface area contributed by atoms with E-state index in [2.05, 4.69) is 26.3 Å². The molecule has 21 heavy (non-hydrogen) atoms. The molecule has 0 bridgehead atoms. The van der Waals surface area contributed by atoms with Gasteiger partial charge in [-0.15, -0.1) is 0 Å². The van der Waals surface area contributed by atoms with Gasteiger partial charge in [-0.2, -0.15) is 5.10 Å². The molecule has 8 heteroatoms. The Morgan fingerprint density at radius 2 is 2.33 bits per heavy atom. The van der Waals surface area contributed by atoms with Crippen LogP contribution in [0.1, 0.15) is 0 Å². The van der Waals surface area contributed by atoms with Crippen LogP contribution in [-0.2, 0) is 16.0 Å². The van der Waals surface area contributed by atoms with Crippen LogP contribution in [-0.4, -0.2) is 67.8 Å². The molecule has 1 unspecified atom stereocenters. The third-order valence-corrected chi connectivity index (χ3v) is 3.92. The molecule has 1 fully saturated rings. The summed E-state index contributed by atoms with van der Waals surface area (Å²) in [6.45, 7) is 3.73. The quantitative estimate of drug-likeness (QED) is 0.791. The number of nitrogens with zero attached hydrogens (tertiary/aromatic N) is 3. The zero-order valence-electron chi connectivity index (χ0n) is 12.3. The average Bonchev–Trinajstić information content (AvgIpc) is 2.48. The summed E-state index contributed by atoms with van der Waals surface area (Å²) in [5.41, 5.74) is 0.540. The molecule has 0 aliphatic carbocycles. The molecule has 7 nitrogen and oxygen atoms in total. The van der Waals surface area contributed by atoms with E-state index in [1.807, 2.05) is 19.0 Å². The van der Waals surface area contributed by atoms with Crippen LogP contribution in [0.3, 0.4) is 0 Å². The number of aromatic nitrogens is 2. The highest BCUT2D eigenvalue weighted by atomic mass is 79.9. The van der Waals surface area contributed by atoms with Crippen molar-refractivity contribution in [2.45, 2.75) is 12.6 Å². The molecule has 1 saturated heterocycles. The van der Waals surface area contributed by atoms with Crippen LogP contribution in [0.2, 0.25) is 0 Å². The molecule has 0 amide bonds. The third-order valence-electron chi connectivity index (χ3n) is 3.15. The lowest BCUT2D eigenvalue weighted by molar-refractivity contribution is -0.0818. The predicted molar refractivity (Wildman–Crippen MR) is 83.8 cm³/mol. The number of ether oxygens (including phenoxy) is 2. The maximum atomic E-state index is 12.2. The number of anilines is 1. The van der Waals surface area contributed by atoms with Crippen LogP contribution in [0.5, 0.6) is 0 Å². The second-order valence-corrected chi connectivity index (χ2v) is 5.95. The lowest BCUT2D eigenvalue weighted by atomic mass is 10.3. The lowest BCUT2D eigenvalue weighted by Crippen LogP contribution is -2.35. The Bertz CT molecular complexity index is 515. The van der Waals surface area contributed by atoms with E-state index in [0.717, 1.165) is 6.54 Å². The highest BCUT2D eigenvalue weighted by Gasteiger charge is 2.15. The fourth-order valence-electron chi connectivity index (χ4n) is 1.92. The molecule has 1 N–H and O–H groups in total. The minimum Gasteiger partial charge on any atom is -0.380 e. The van der Waals surface area contributed by atoms with E-state index in [0.29, 0.717) is 43.1 Å². The van der Waals surface area contributed by atoms with Crippen molar-refractivity contribution in [3.8, 4) is 0 Å². The van der Waals surface area contributed by atoms with Crippen molar-refractivity contribution >= 4 is 21.6 Å². The van der Waals surface area contributed by atoms with E-state index in [4.69, 9.17) is 9.47 Å². The van der Waals surface area contributed by atoms with Gasteiger partial charge in [-0.3, -0.25) is 4.79 Å². The minimum absolute atomic E-state index is 0.00169. The highest BCUT2D eigenvalue weighted by molar-refractivity contribution is 9.10.